The summed E-state index contributed by atoms with van der Waals surface area (Å²) in [5.74, 6) is -0.394. The topological polar surface area (TPSA) is 139 Å². The number of urea groups is 1. The Morgan fingerprint density at radius 1 is 0.896 bits per heavy atom. The molecular formula is C35H52N6O7. The molecule has 3 fully saturated rings. The van der Waals surface area contributed by atoms with E-state index >= 15 is 0 Å². The summed E-state index contributed by atoms with van der Waals surface area (Å²) in [7, 11) is 5.90. The maximum absolute atomic E-state index is 14.1. The zero-order valence-electron chi connectivity index (χ0n) is 28.7. The first-order valence-electron chi connectivity index (χ1n) is 17.1. The summed E-state index contributed by atoms with van der Waals surface area (Å²) in [5, 5.41) is 14.0. The van der Waals surface area contributed by atoms with Crippen LogP contribution < -0.4 is 10.2 Å². The van der Waals surface area contributed by atoms with Gasteiger partial charge in [-0.05, 0) is 64.6 Å². The fourth-order valence-corrected chi connectivity index (χ4v) is 7.15. The molecule has 2 aromatic rings. The summed E-state index contributed by atoms with van der Waals surface area (Å²) >= 11 is 0. The molecule has 1 aliphatic heterocycles. The molecule has 1 spiro atoms. The van der Waals surface area contributed by atoms with E-state index in [9.17, 15) is 14.7 Å². The number of hydrogen-bond donors (Lipinski definition) is 2. The summed E-state index contributed by atoms with van der Waals surface area (Å²) < 4.78 is 21.2. The number of anilines is 1. The lowest BCUT2D eigenvalue weighted by Crippen LogP contribution is -2.59. The molecule has 1 aromatic heterocycles. The van der Waals surface area contributed by atoms with Crippen molar-refractivity contribution in [1.82, 2.24) is 25.1 Å². The van der Waals surface area contributed by atoms with E-state index in [1.165, 1.54) is 5.56 Å². The molecule has 5 rings (SSSR count). The third-order valence-electron chi connectivity index (χ3n) is 10.3. The van der Waals surface area contributed by atoms with Gasteiger partial charge in [0.15, 0.2) is 0 Å². The van der Waals surface area contributed by atoms with Crippen molar-refractivity contribution in [2.75, 3.05) is 92.0 Å². The average Bonchev–Trinajstić information content (AvgIpc) is 3.35. The van der Waals surface area contributed by atoms with Crippen molar-refractivity contribution in [3.63, 3.8) is 0 Å². The first kappa shape index (κ1) is 36.1. The number of nitrogens with one attached hydrogen (secondary N) is 1. The largest absolute Gasteiger partial charge is 0.388 e. The van der Waals surface area contributed by atoms with Crippen molar-refractivity contribution >= 4 is 17.6 Å². The molecule has 2 aliphatic carbocycles. The van der Waals surface area contributed by atoms with Crippen LogP contribution in [0.4, 0.5) is 10.5 Å². The Kier molecular flexibility index (Phi) is 12.4. The van der Waals surface area contributed by atoms with Crippen molar-refractivity contribution in [1.29, 1.82) is 0 Å². The maximum Gasteiger partial charge on any atom is 0.325 e. The molecule has 0 radical (unpaired) electrons. The van der Waals surface area contributed by atoms with Crippen molar-refractivity contribution in [3.8, 4) is 0 Å². The Bertz CT molecular complexity index is 1320. The minimum absolute atomic E-state index is 0.0221. The number of carbonyl (C=O) groups is 2. The molecule has 3 amide bonds. The van der Waals surface area contributed by atoms with E-state index in [1.807, 2.05) is 11.0 Å². The van der Waals surface area contributed by atoms with Gasteiger partial charge >= 0.3 is 6.03 Å². The van der Waals surface area contributed by atoms with Gasteiger partial charge in [-0.15, -0.1) is 0 Å². The number of aliphatic hydroxyl groups is 1. The fraction of sp³-hybridized carbons (Fsp3) is 0.657. The lowest BCUT2D eigenvalue weighted by Gasteiger charge is -2.52. The number of β-amino-alcohol motifs (C(OH)–C–C–N with tert-alkyl or cyclic N) is 1. The number of nitrogens with zero attached hydrogens (tertiary/aromatic N) is 5. The average molecular weight is 669 g/mol. The Balaban J connectivity index is 1.15. The molecular weight excluding hydrogens is 616 g/mol. The lowest BCUT2D eigenvalue weighted by atomic mass is 9.67. The molecule has 0 unspecified atom stereocenters. The normalized spacial score (nSPS) is 23.6. The van der Waals surface area contributed by atoms with Crippen LogP contribution in [0.15, 0.2) is 42.7 Å². The van der Waals surface area contributed by atoms with Gasteiger partial charge in [0.1, 0.15) is 0 Å². The summed E-state index contributed by atoms with van der Waals surface area (Å²) in [6.45, 7) is 4.34. The van der Waals surface area contributed by atoms with Crippen LogP contribution in [-0.2, 0) is 24.5 Å². The summed E-state index contributed by atoms with van der Waals surface area (Å²) in [4.78, 5) is 41.3. The molecule has 2 saturated carbocycles. The van der Waals surface area contributed by atoms with E-state index in [0.29, 0.717) is 84.4 Å². The van der Waals surface area contributed by atoms with Gasteiger partial charge < -0.3 is 34.3 Å². The van der Waals surface area contributed by atoms with Crippen LogP contribution >= 0.6 is 0 Å². The van der Waals surface area contributed by atoms with E-state index in [1.54, 1.807) is 24.4 Å². The van der Waals surface area contributed by atoms with Crippen LogP contribution in [-0.4, -0.2) is 135 Å². The maximum atomic E-state index is 14.1. The number of ether oxygens (including phenoxy) is 4. The van der Waals surface area contributed by atoms with Gasteiger partial charge in [-0.3, -0.25) is 14.6 Å². The quantitative estimate of drug-likeness (QED) is 0.228. The van der Waals surface area contributed by atoms with Crippen LogP contribution in [0, 0.1) is 0 Å². The molecule has 1 saturated heterocycles. The molecule has 0 atom stereocenters. The van der Waals surface area contributed by atoms with E-state index in [0.717, 1.165) is 32.1 Å². The highest BCUT2D eigenvalue weighted by Gasteiger charge is 2.56. The molecule has 0 bridgehead atoms. The first-order valence-corrected chi connectivity index (χ1v) is 17.1. The minimum atomic E-state index is -0.845. The van der Waals surface area contributed by atoms with Crippen LogP contribution in [0.3, 0.4) is 0 Å². The van der Waals surface area contributed by atoms with E-state index in [2.05, 4.69) is 58.5 Å². The zero-order valence-corrected chi connectivity index (χ0v) is 28.7. The predicted molar refractivity (Wildman–Crippen MR) is 180 cm³/mol. The Morgan fingerprint density at radius 2 is 1.50 bits per heavy atom. The Labute approximate surface area is 283 Å². The SMILES string of the molecule is COCCOCCOCCOCCNC(=O)c1ncc(N2CC3(CCC(c4ccccc4)(N(C)C)CC3)N(CC3(O)CCC3)C2=O)cn1. The number of methoxy groups -OCH3 is 1. The van der Waals surface area contributed by atoms with Gasteiger partial charge in [0, 0.05) is 19.2 Å². The number of amides is 3. The highest BCUT2D eigenvalue weighted by Crippen LogP contribution is 2.50. The summed E-state index contributed by atoms with van der Waals surface area (Å²) in [6, 6.07) is 10.5. The van der Waals surface area contributed by atoms with E-state index < -0.39 is 17.0 Å². The number of hydrogen-bond acceptors (Lipinski definition) is 10. The zero-order chi connectivity index (χ0) is 34.0. The van der Waals surface area contributed by atoms with Gasteiger partial charge in [-0.1, -0.05) is 30.3 Å². The molecule has 48 heavy (non-hydrogen) atoms. The second kappa shape index (κ2) is 16.5. The summed E-state index contributed by atoms with van der Waals surface area (Å²) in [5.41, 5.74) is 0.434. The van der Waals surface area contributed by atoms with Gasteiger partial charge in [0.2, 0.25) is 5.82 Å². The first-order chi connectivity index (χ1) is 23.2. The second-order valence-corrected chi connectivity index (χ2v) is 13.4. The summed E-state index contributed by atoms with van der Waals surface area (Å²) in [6.07, 6.45) is 8.83. The highest BCUT2D eigenvalue weighted by atomic mass is 16.6. The van der Waals surface area contributed by atoms with Gasteiger partial charge in [-0.25, -0.2) is 14.8 Å². The Hall–Kier alpha value is -3.20. The molecule has 2 N–H and O–H groups in total. The predicted octanol–water partition coefficient (Wildman–Crippen LogP) is 2.83. The smallest absolute Gasteiger partial charge is 0.325 e. The van der Waals surface area contributed by atoms with Gasteiger partial charge in [-0.2, -0.15) is 0 Å². The fourth-order valence-electron chi connectivity index (χ4n) is 7.15. The minimum Gasteiger partial charge on any atom is -0.388 e. The molecule has 3 aliphatic rings. The van der Waals surface area contributed by atoms with Gasteiger partial charge in [0.05, 0.1) is 88.6 Å². The molecule has 2 heterocycles. The van der Waals surface area contributed by atoms with E-state index in [4.69, 9.17) is 18.9 Å². The molecule has 13 heteroatoms. The Morgan fingerprint density at radius 3 is 2.06 bits per heavy atom. The molecule has 1 aromatic carbocycles. The lowest BCUT2D eigenvalue weighted by molar-refractivity contribution is -0.0725. The monoisotopic (exact) mass is 668 g/mol. The third-order valence-corrected chi connectivity index (χ3v) is 10.3. The van der Waals surface area contributed by atoms with Crippen molar-refractivity contribution in [3.05, 3.63) is 54.1 Å². The highest BCUT2D eigenvalue weighted by molar-refractivity contribution is 5.96. The second-order valence-electron chi connectivity index (χ2n) is 13.4. The standard InChI is InChI=1S/C35H52N6O7/c1-39(2)35(28-8-5-4-6-9-28)14-12-33(13-15-35)26-40(32(43)41(33)27-34(44)10-7-11-34)29-24-37-30(38-25-29)31(42)36-16-17-46-20-21-48-23-22-47-19-18-45-3/h4-6,8-9,24-25,44H,7,10-23,26-27H2,1-3H3,(H,36,42). The van der Waals surface area contributed by atoms with Crippen molar-refractivity contribution in [2.24, 2.45) is 0 Å². The van der Waals surface area contributed by atoms with Crippen LogP contribution in [0.5, 0.6) is 0 Å². The molecule has 13 nitrogen and oxygen atoms in total. The van der Waals surface area contributed by atoms with Gasteiger partial charge in [0.25, 0.3) is 5.91 Å². The van der Waals surface area contributed by atoms with E-state index in [-0.39, 0.29) is 17.4 Å². The van der Waals surface area contributed by atoms with Crippen LogP contribution in [0.25, 0.3) is 0 Å². The number of carbonyl (C=O) groups excluding carboxylic acids is 2. The number of aromatic nitrogens is 2. The van der Waals surface area contributed by atoms with Crippen molar-refractivity contribution in [2.45, 2.75) is 61.6 Å². The number of benzene rings is 1. The van der Waals surface area contributed by atoms with Crippen LogP contribution in [0.1, 0.15) is 61.1 Å². The third kappa shape index (κ3) is 8.32. The van der Waals surface area contributed by atoms with Crippen molar-refractivity contribution < 1.29 is 33.6 Å². The molecule has 264 valence electrons. The van der Waals surface area contributed by atoms with Crippen LogP contribution in [0.2, 0.25) is 0 Å². The number of rotatable bonds is 18.